The Morgan fingerprint density at radius 1 is 1.20 bits per heavy atom. The maximum absolute atomic E-state index is 5.96. The summed E-state index contributed by atoms with van der Waals surface area (Å²) >= 11 is 0. The average Bonchev–Trinajstić information content (AvgIpc) is 2.52. The van der Waals surface area contributed by atoms with Crippen molar-refractivity contribution in [3.05, 3.63) is 35.9 Å². The van der Waals surface area contributed by atoms with Crippen molar-refractivity contribution in [1.82, 2.24) is 10.2 Å². The third-order valence-corrected chi connectivity index (χ3v) is 3.95. The molecule has 0 aliphatic carbocycles. The van der Waals surface area contributed by atoms with Gasteiger partial charge in [0.1, 0.15) is 0 Å². The largest absolute Gasteiger partial charge is 0.378 e. The lowest BCUT2D eigenvalue weighted by atomic mass is 10.1. The van der Waals surface area contributed by atoms with E-state index in [1.807, 2.05) is 0 Å². The molecule has 0 atom stereocenters. The van der Waals surface area contributed by atoms with Crippen LogP contribution in [0.4, 0.5) is 0 Å². The summed E-state index contributed by atoms with van der Waals surface area (Å²) in [6.07, 6.45) is 3.95. The van der Waals surface area contributed by atoms with Crippen LogP contribution in [-0.4, -0.2) is 43.8 Å². The molecule has 112 valence electrons. The zero-order valence-electron chi connectivity index (χ0n) is 12.7. The molecule has 3 heteroatoms. The first kappa shape index (κ1) is 15.5. The standard InChI is InChI=1S/C17H28N2O/c1-2-19(15-16-7-4-3-5-8-16)13-6-14-20-17-9-11-18-12-10-17/h3-5,7-8,17-18H,2,6,9-15H2,1H3. The summed E-state index contributed by atoms with van der Waals surface area (Å²) in [7, 11) is 0. The summed E-state index contributed by atoms with van der Waals surface area (Å²) in [5.41, 5.74) is 1.40. The lowest BCUT2D eigenvalue weighted by Gasteiger charge is -2.24. The zero-order chi connectivity index (χ0) is 14.0. The molecule has 1 heterocycles. The molecule has 1 saturated heterocycles. The second-order valence-corrected chi connectivity index (χ2v) is 5.53. The van der Waals surface area contributed by atoms with Gasteiger partial charge in [0.25, 0.3) is 0 Å². The number of benzene rings is 1. The number of rotatable bonds is 8. The summed E-state index contributed by atoms with van der Waals surface area (Å²) in [5, 5.41) is 3.37. The van der Waals surface area contributed by atoms with Crippen molar-refractivity contribution in [2.45, 2.75) is 38.8 Å². The van der Waals surface area contributed by atoms with Gasteiger partial charge in [-0.05, 0) is 44.5 Å². The molecule has 1 aliphatic heterocycles. The molecule has 2 rings (SSSR count). The molecule has 1 N–H and O–H groups in total. The van der Waals surface area contributed by atoms with Crippen LogP contribution in [0.3, 0.4) is 0 Å². The molecule has 1 aliphatic rings. The number of piperidine rings is 1. The van der Waals surface area contributed by atoms with E-state index in [2.05, 4.69) is 47.5 Å². The van der Waals surface area contributed by atoms with Crippen molar-refractivity contribution in [2.24, 2.45) is 0 Å². The molecule has 20 heavy (non-hydrogen) atoms. The van der Waals surface area contributed by atoms with Crippen molar-refractivity contribution in [3.63, 3.8) is 0 Å². The third kappa shape index (κ3) is 5.61. The van der Waals surface area contributed by atoms with Crippen molar-refractivity contribution < 1.29 is 4.74 Å². The highest BCUT2D eigenvalue weighted by Crippen LogP contribution is 2.08. The van der Waals surface area contributed by atoms with Gasteiger partial charge in [0, 0.05) is 19.7 Å². The van der Waals surface area contributed by atoms with E-state index in [1.54, 1.807) is 0 Å². The topological polar surface area (TPSA) is 24.5 Å². The van der Waals surface area contributed by atoms with Gasteiger partial charge in [-0.3, -0.25) is 4.90 Å². The Hall–Kier alpha value is -0.900. The van der Waals surface area contributed by atoms with E-state index in [0.717, 1.165) is 45.8 Å². The van der Waals surface area contributed by atoms with E-state index in [0.29, 0.717) is 6.10 Å². The Kier molecular flexibility index (Phi) is 7.06. The van der Waals surface area contributed by atoms with E-state index in [9.17, 15) is 0 Å². The van der Waals surface area contributed by atoms with Crippen molar-refractivity contribution in [3.8, 4) is 0 Å². The summed E-state index contributed by atoms with van der Waals surface area (Å²) in [6, 6.07) is 10.7. The van der Waals surface area contributed by atoms with Crippen LogP contribution in [0.2, 0.25) is 0 Å². The Morgan fingerprint density at radius 2 is 1.95 bits per heavy atom. The second-order valence-electron chi connectivity index (χ2n) is 5.53. The Balaban J connectivity index is 1.61. The SMILES string of the molecule is CCN(CCCOC1CCNCC1)Cc1ccccc1. The first-order valence-electron chi connectivity index (χ1n) is 7.97. The molecule has 3 nitrogen and oxygen atoms in total. The van der Waals surface area contributed by atoms with E-state index < -0.39 is 0 Å². The number of ether oxygens (including phenoxy) is 1. The van der Waals surface area contributed by atoms with Crippen molar-refractivity contribution in [2.75, 3.05) is 32.8 Å². The molecule has 0 spiro atoms. The van der Waals surface area contributed by atoms with Crippen LogP contribution in [0.15, 0.2) is 30.3 Å². The van der Waals surface area contributed by atoms with Gasteiger partial charge in [-0.15, -0.1) is 0 Å². The van der Waals surface area contributed by atoms with Gasteiger partial charge in [-0.1, -0.05) is 37.3 Å². The summed E-state index contributed by atoms with van der Waals surface area (Å²) in [4.78, 5) is 2.49. The lowest BCUT2D eigenvalue weighted by Crippen LogP contribution is -2.33. The van der Waals surface area contributed by atoms with Crippen LogP contribution in [-0.2, 0) is 11.3 Å². The maximum Gasteiger partial charge on any atom is 0.0599 e. The predicted molar refractivity (Wildman–Crippen MR) is 83.9 cm³/mol. The fourth-order valence-electron chi connectivity index (χ4n) is 2.69. The van der Waals surface area contributed by atoms with Crippen LogP contribution in [0.25, 0.3) is 0 Å². The highest BCUT2D eigenvalue weighted by atomic mass is 16.5. The number of hydrogen-bond acceptors (Lipinski definition) is 3. The first-order chi connectivity index (χ1) is 9.88. The third-order valence-electron chi connectivity index (χ3n) is 3.95. The molecule has 0 bridgehead atoms. The fraction of sp³-hybridized carbons (Fsp3) is 0.647. The average molecular weight is 276 g/mol. The van der Waals surface area contributed by atoms with Gasteiger partial charge >= 0.3 is 0 Å². The Morgan fingerprint density at radius 3 is 2.65 bits per heavy atom. The van der Waals surface area contributed by atoms with Crippen LogP contribution in [0.5, 0.6) is 0 Å². The smallest absolute Gasteiger partial charge is 0.0599 e. The van der Waals surface area contributed by atoms with E-state index in [4.69, 9.17) is 4.74 Å². The summed E-state index contributed by atoms with van der Waals surface area (Å²) in [5.74, 6) is 0. The number of hydrogen-bond donors (Lipinski definition) is 1. The first-order valence-corrected chi connectivity index (χ1v) is 7.97. The number of nitrogens with one attached hydrogen (secondary N) is 1. The number of nitrogens with zero attached hydrogens (tertiary/aromatic N) is 1. The fourth-order valence-corrected chi connectivity index (χ4v) is 2.69. The van der Waals surface area contributed by atoms with E-state index in [-0.39, 0.29) is 0 Å². The molecule has 1 fully saturated rings. The quantitative estimate of drug-likeness (QED) is 0.739. The second kappa shape index (κ2) is 9.11. The monoisotopic (exact) mass is 276 g/mol. The van der Waals surface area contributed by atoms with Crippen molar-refractivity contribution >= 4 is 0 Å². The van der Waals surface area contributed by atoms with Crippen LogP contribution < -0.4 is 5.32 Å². The zero-order valence-corrected chi connectivity index (χ0v) is 12.7. The van der Waals surface area contributed by atoms with Crippen LogP contribution in [0, 0.1) is 0 Å². The van der Waals surface area contributed by atoms with E-state index >= 15 is 0 Å². The van der Waals surface area contributed by atoms with Gasteiger partial charge in [0.05, 0.1) is 6.10 Å². The van der Waals surface area contributed by atoms with Crippen molar-refractivity contribution in [1.29, 1.82) is 0 Å². The van der Waals surface area contributed by atoms with Crippen LogP contribution >= 0.6 is 0 Å². The van der Waals surface area contributed by atoms with Gasteiger partial charge < -0.3 is 10.1 Å². The normalized spacial score (nSPS) is 16.7. The molecular weight excluding hydrogens is 248 g/mol. The summed E-state index contributed by atoms with van der Waals surface area (Å²) in [6.45, 7) is 8.62. The van der Waals surface area contributed by atoms with Gasteiger partial charge in [-0.25, -0.2) is 0 Å². The van der Waals surface area contributed by atoms with Gasteiger partial charge in [0.2, 0.25) is 0 Å². The molecule has 1 aromatic rings. The minimum Gasteiger partial charge on any atom is -0.378 e. The predicted octanol–water partition coefficient (Wildman–Crippen LogP) is 2.67. The Bertz CT molecular complexity index is 349. The highest BCUT2D eigenvalue weighted by molar-refractivity contribution is 5.14. The van der Waals surface area contributed by atoms with Gasteiger partial charge in [0.15, 0.2) is 0 Å². The molecule has 0 amide bonds. The molecule has 0 aromatic heterocycles. The van der Waals surface area contributed by atoms with Gasteiger partial charge in [-0.2, -0.15) is 0 Å². The van der Waals surface area contributed by atoms with Crippen LogP contribution in [0.1, 0.15) is 31.7 Å². The maximum atomic E-state index is 5.96. The highest BCUT2D eigenvalue weighted by Gasteiger charge is 2.12. The lowest BCUT2D eigenvalue weighted by molar-refractivity contribution is 0.0276. The Labute approximate surface area is 123 Å². The molecule has 0 unspecified atom stereocenters. The molecule has 0 saturated carbocycles. The molecule has 1 aromatic carbocycles. The molecule has 0 radical (unpaired) electrons. The minimum atomic E-state index is 0.487. The summed E-state index contributed by atoms with van der Waals surface area (Å²) < 4.78 is 5.96. The molecular formula is C17H28N2O. The minimum absolute atomic E-state index is 0.487. The van der Waals surface area contributed by atoms with E-state index in [1.165, 1.54) is 18.4 Å².